The fraction of sp³-hybridized carbons (Fsp3) is 0.643. The summed E-state index contributed by atoms with van der Waals surface area (Å²) < 4.78 is 0. The van der Waals surface area contributed by atoms with E-state index in [1.165, 1.54) is 18.4 Å². The van der Waals surface area contributed by atoms with Crippen molar-refractivity contribution in [2.75, 3.05) is 0 Å². The lowest BCUT2D eigenvalue weighted by Crippen LogP contribution is -2.18. The minimum atomic E-state index is 0.122. The van der Waals surface area contributed by atoms with Gasteiger partial charge in [0.25, 0.3) is 0 Å². The normalized spacial score (nSPS) is 19.9. The third kappa shape index (κ3) is 3.33. The maximum Gasteiger partial charge on any atom is 0.0302 e. The number of aliphatic imine (C=N–C) groups is 1. The van der Waals surface area contributed by atoms with Gasteiger partial charge in [0.05, 0.1) is 0 Å². The van der Waals surface area contributed by atoms with E-state index >= 15 is 0 Å². The van der Waals surface area contributed by atoms with Crippen LogP contribution in [-0.2, 0) is 0 Å². The molecule has 0 aromatic carbocycles. The Morgan fingerprint density at radius 2 is 2.00 bits per heavy atom. The van der Waals surface area contributed by atoms with Gasteiger partial charge in [-0.15, -0.1) is 0 Å². The molecule has 84 valence electrons. The van der Waals surface area contributed by atoms with Crippen LogP contribution in [0.25, 0.3) is 0 Å². The monoisotopic (exact) mass is 205 g/mol. The molecule has 15 heavy (non-hydrogen) atoms. The molecule has 0 aliphatic carbocycles. The number of hydrogen-bond acceptors (Lipinski definition) is 1. The second kappa shape index (κ2) is 4.34. The van der Waals surface area contributed by atoms with Crippen LogP contribution in [0.3, 0.4) is 0 Å². The molecule has 0 bridgehead atoms. The molecule has 0 saturated heterocycles. The van der Waals surface area contributed by atoms with Gasteiger partial charge < -0.3 is 0 Å². The highest BCUT2D eigenvalue weighted by atomic mass is 14.7. The minimum absolute atomic E-state index is 0.122. The SMILES string of the molecule is CCCC(C)(C)C1=CC(C)(C)C=CN=C1. The Morgan fingerprint density at radius 1 is 1.33 bits per heavy atom. The van der Waals surface area contributed by atoms with Crippen LogP contribution >= 0.6 is 0 Å². The van der Waals surface area contributed by atoms with Crippen molar-refractivity contribution >= 4 is 6.21 Å². The molecule has 1 rings (SSSR count). The first-order valence-corrected chi connectivity index (χ1v) is 5.82. The van der Waals surface area contributed by atoms with Crippen LogP contribution in [-0.4, -0.2) is 6.21 Å². The second-order valence-corrected chi connectivity index (χ2v) is 5.65. The maximum atomic E-state index is 4.32. The molecule has 0 aromatic heterocycles. The molecule has 1 heterocycles. The molecule has 1 aliphatic rings. The van der Waals surface area contributed by atoms with Crippen molar-refractivity contribution in [3.05, 3.63) is 23.9 Å². The van der Waals surface area contributed by atoms with Crippen LogP contribution in [0.2, 0.25) is 0 Å². The van der Waals surface area contributed by atoms with E-state index in [-0.39, 0.29) is 10.8 Å². The average Bonchev–Trinajstić information content (AvgIpc) is 2.26. The zero-order valence-electron chi connectivity index (χ0n) is 10.7. The molecule has 0 fully saturated rings. The summed E-state index contributed by atoms with van der Waals surface area (Å²) in [6.07, 6.45) is 10.8. The molecule has 1 nitrogen and oxygen atoms in total. The van der Waals surface area contributed by atoms with Gasteiger partial charge in [-0.2, -0.15) is 0 Å². The molecule has 1 aliphatic heterocycles. The van der Waals surface area contributed by atoms with Crippen molar-refractivity contribution in [2.45, 2.75) is 47.5 Å². The van der Waals surface area contributed by atoms with E-state index < -0.39 is 0 Å². The van der Waals surface area contributed by atoms with Crippen LogP contribution in [0, 0.1) is 10.8 Å². The topological polar surface area (TPSA) is 12.4 Å². The summed E-state index contributed by atoms with van der Waals surface area (Å²) in [7, 11) is 0. The van der Waals surface area contributed by atoms with Gasteiger partial charge in [-0.3, -0.25) is 4.99 Å². The molecule has 0 saturated carbocycles. The van der Waals surface area contributed by atoms with Crippen LogP contribution < -0.4 is 0 Å². The number of rotatable bonds is 3. The molecule has 0 aromatic rings. The first kappa shape index (κ1) is 12.2. The van der Waals surface area contributed by atoms with Gasteiger partial charge in [-0.1, -0.05) is 53.2 Å². The average molecular weight is 205 g/mol. The Labute approximate surface area is 94.0 Å². The summed E-state index contributed by atoms with van der Waals surface area (Å²) >= 11 is 0. The van der Waals surface area contributed by atoms with Crippen LogP contribution in [0.1, 0.15) is 47.5 Å². The van der Waals surface area contributed by atoms with Gasteiger partial charge in [0.1, 0.15) is 0 Å². The van der Waals surface area contributed by atoms with E-state index in [0.29, 0.717) is 0 Å². The Balaban J connectivity index is 2.99. The lowest BCUT2D eigenvalue weighted by Gasteiger charge is -2.27. The minimum Gasteiger partial charge on any atom is -0.265 e. The predicted molar refractivity (Wildman–Crippen MR) is 68.2 cm³/mol. The number of nitrogens with zero attached hydrogens (tertiary/aromatic N) is 1. The van der Waals surface area contributed by atoms with Gasteiger partial charge >= 0.3 is 0 Å². The van der Waals surface area contributed by atoms with E-state index in [1.54, 1.807) is 0 Å². The summed E-state index contributed by atoms with van der Waals surface area (Å²) in [6.45, 7) is 11.3. The number of hydrogen-bond donors (Lipinski definition) is 0. The Kier molecular flexibility index (Phi) is 3.54. The van der Waals surface area contributed by atoms with E-state index in [9.17, 15) is 0 Å². The van der Waals surface area contributed by atoms with Crippen molar-refractivity contribution in [3.63, 3.8) is 0 Å². The van der Waals surface area contributed by atoms with Gasteiger partial charge in [0.2, 0.25) is 0 Å². The smallest absolute Gasteiger partial charge is 0.0302 e. The van der Waals surface area contributed by atoms with E-state index in [2.05, 4.69) is 51.8 Å². The lowest BCUT2D eigenvalue weighted by molar-refractivity contribution is 0.412. The Bertz CT molecular complexity index is 303. The standard InChI is InChI=1S/C14H23N/c1-6-7-14(4,5)12-10-13(2,3)8-9-15-11-12/h8-11H,6-7H2,1-5H3. The molecule has 0 N–H and O–H groups in total. The van der Waals surface area contributed by atoms with Crippen molar-refractivity contribution < 1.29 is 0 Å². The third-order valence-electron chi connectivity index (χ3n) is 2.99. The van der Waals surface area contributed by atoms with Crippen LogP contribution in [0.15, 0.2) is 28.9 Å². The molecule has 0 amide bonds. The molecule has 0 atom stereocenters. The first-order valence-electron chi connectivity index (χ1n) is 5.82. The predicted octanol–water partition coefficient (Wildman–Crippen LogP) is 4.36. The number of allylic oxidation sites excluding steroid dienone is 3. The summed E-state index contributed by atoms with van der Waals surface area (Å²) in [5, 5.41) is 0. The van der Waals surface area contributed by atoms with E-state index in [4.69, 9.17) is 0 Å². The summed E-state index contributed by atoms with van der Waals surface area (Å²) in [4.78, 5) is 4.32. The molecular formula is C14H23N. The molecule has 0 spiro atoms. The van der Waals surface area contributed by atoms with Crippen molar-refractivity contribution in [3.8, 4) is 0 Å². The molecule has 1 heteroatoms. The Hall–Kier alpha value is -0.850. The largest absolute Gasteiger partial charge is 0.265 e. The zero-order chi connectivity index (χ0) is 11.5. The summed E-state index contributed by atoms with van der Waals surface area (Å²) in [5.41, 5.74) is 1.72. The highest BCUT2D eigenvalue weighted by molar-refractivity contribution is 5.81. The van der Waals surface area contributed by atoms with Gasteiger partial charge in [-0.05, 0) is 17.4 Å². The zero-order valence-corrected chi connectivity index (χ0v) is 10.7. The quantitative estimate of drug-likeness (QED) is 0.649. The van der Waals surface area contributed by atoms with Crippen molar-refractivity contribution in [1.82, 2.24) is 0 Å². The summed E-state index contributed by atoms with van der Waals surface area (Å²) in [6, 6.07) is 0. The highest BCUT2D eigenvalue weighted by Gasteiger charge is 2.24. The van der Waals surface area contributed by atoms with Crippen molar-refractivity contribution in [1.29, 1.82) is 0 Å². The fourth-order valence-electron chi connectivity index (χ4n) is 1.98. The Morgan fingerprint density at radius 3 is 2.60 bits per heavy atom. The lowest BCUT2D eigenvalue weighted by atomic mass is 9.77. The molecular weight excluding hydrogens is 182 g/mol. The highest BCUT2D eigenvalue weighted by Crippen LogP contribution is 2.35. The maximum absolute atomic E-state index is 4.32. The van der Waals surface area contributed by atoms with Gasteiger partial charge in [-0.25, -0.2) is 0 Å². The molecule has 0 radical (unpaired) electrons. The van der Waals surface area contributed by atoms with Crippen molar-refractivity contribution in [2.24, 2.45) is 15.8 Å². The summed E-state index contributed by atoms with van der Waals surface area (Å²) in [5.74, 6) is 0. The fourth-order valence-corrected chi connectivity index (χ4v) is 1.98. The van der Waals surface area contributed by atoms with Gasteiger partial charge in [0.15, 0.2) is 0 Å². The van der Waals surface area contributed by atoms with Crippen LogP contribution in [0.4, 0.5) is 0 Å². The third-order valence-corrected chi connectivity index (χ3v) is 2.99. The van der Waals surface area contributed by atoms with E-state index in [1.807, 2.05) is 12.4 Å². The first-order chi connectivity index (χ1) is 6.87. The van der Waals surface area contributed by atoms with Crippen LogP contribution in [0.5, 0.6) is 0 Å². The van der Waals surface area contributed by atoms with Gasteiger partial charge in [0, 0.05) is 17.8 Å². The molecule has 0 unspecified atom stereocenters. The van der Waals surface area contributed by atoms with E-state index in [0.717, 1.165) is 0 Å². The second-order valence-electron chi connectivity index (χ2n) is 5.65.